The second kappa shape index (κ2) is 11.4. The summed E-state index contributed by atoms with van der Waals surface area (Å²) in [5.74, 6) is -0.968. The highest BCUT2D eigenvalue weighted by Crippen LogP contribution is 2.27. The van der Waals surface area contributed by atoms with Crippen LogP contribution in [0.5, 0.6) is 0 Å². The lowest BCUT2D eigenvalue weighted by Crippen LogP contribution is -2.52. The standard InChI is InChI=1S/C22H26Cl3N3O4S/c1-14(2)26-22(30)15(3)27(12-16-7-5-6-8-20(16)25)21(29)13-28(33(4,31)32)19-10-17(23)9-18(24)11-19/h5-11,14-15H,12-13H2,1-4H3,(H,26,30)/t15-/m0/s1. The van der Waals surface area contributed by atoms with Gasteiger partial charge in [0.1, 0.15) is 12.6 Å². The fraction of sp³-hybridized carbons (Fsp3) is 0.364. The Hall–Kier alpha value is -2.00. The van der Waals surface area contributed by atoms with Crippen LogP contribution in [0.2, 0.25) is 15.1 Å². The maximum Gasteiger partial charge on any atom is 0.244 e. The number of halogens is 3. The lowest BCUT2D eigenvalue weighted by atomic mass is 10.1. The van der Waals surface area contributed by atoms with Crippen molar-refractivity contribution in [3.63, 3.8) is 0 Å². The molecule has 0 aliphatic heterocycles. The van der Waals surface area contributed by atoms with Crippen LogP contribution in [-0.2, 0) is 26.2 Å². The first-order chi connectivity index (χ1) is 15.3. The molecule has 0 fully saturated rings. The summed E-state index contributed by atoms with van der Waals surface area (Å²) in [5.41, 5.74) is 0.758. The van der Waals surface area contributed by atoms with Crippen molar-refractivity contribution < 1.29 is 18.0 Å². The van der Waals surface area contributed by atoms with Gasteiger partial charge in [-0.2, -0.15) is 0 Å². The van der Waals surface area contributed by atoms with Gasteiger partial charge in [-0.15, -0.1) is 0 Å². The smallest absolute Gasteiger partial charge is 0.244 e. The number of hydrogen-bond donors (Lipinski definition) is 1. The van der Waals surface area contributed by atoms with Crippen molar-refractivity contribution in [2.24, 2.45) is 0 Å². The number of hydrogen-bond acceptors (Lipinski definition) is 4. The summed E-state index contributed by atoms with van der Waals surface area (Å²) in [6.45, 7) is 4.64. The molecular weight excluding hydrogens is 509 g/mol. The zero-order valence-corrected chi connectivity index (χ0v) is 21.8. The van der Waals surface area contributed by atoms with Gasteiger partial charge in [0.2, 0.25) is 21.8 Å². The molecule has 2 aromatic rings. The van der Waals surface area contributed by atoms with Gasteiger partial charge in [0, 0.05) is 27.7 Å². The van der Waals surface area contributed by atoms with Gasteiger partial charge in [-0.1, -0.05) is 53.0 Å². The average Bonchev–Trinajstić information content (AvgIpc) is 2.68. The lowest BCUT2D eigenvalue weighted by molar-refractivity contribution is -0.139. The number of carbonyl (C=O) groups excluding carboxylic acids is 2. The van der Waals surface area contributed by atoms with Gasteiger partial charge in [0.15, 0.2) is 0 Å². The van der Waals surface area contributed by atoms with E-state index in [4.69, 9.17) is 34.8 Å². The summed E-state index contributed by atoms with van der Waals surface area (Å²) >= 11 is 18.4. The van der Waals surface area contributed by atoms with Crippen LogP contribution < -0.4 is 9.62 Å². The molecule has 180 valence electrons. The first-order valence-corrected chi connectivity index (χ1v) is 13.0. The molecule has 2 rings (SSSR count). The number of nitrogens with zero attached hydrogens (tertiary/aromatic N) is 2. The normalized spacial score (nSPS) is 12.4. The molecule has 0 heterocycles. The molecule has 11 heteroatoms. The number of benzene rings is 2. The Morgan fingerprint density at radius 3 is 2.09 bits per heavy atom. The molecule has 0 saturated carbocycles. The van der Waals surface area contributed by atoms with Crippen LogP contribution in [0, 0.1) is 0 Å². The molecule has 0 aliphatic rings. The van der Waals surface area contributed by atoms with Crippen LogP contribution in [0.1, 0.15) is 26.3 Å². The Balaban J connectivity index is 2.44. The third kappa shape index (κ3) is 7.78. The summed E-state index contributed by atoms with van der Waals surface area (Å²) in [6, 6.07) is 10.1. The summed E-state index contributed by atoms with van der Waals surface area (Å²) < 4.78 is 26.0. The van der Waals surface area contributed by atoms with Crippen molar-refractivity contribution in [1.29, 1.82) is 0 Å². The van der Waals surface area contributed by atoms with E-state index in [1.165, 1.54) is 23.1 Å². The van der Waals surface area contributed by atoms with E-state index in [0.29, 0.717) is 10.6 Å². The molecule has 0 aliphatic carbocycles. The molecule has 2 aromatic carbocycles. The molecule has 2 amide bonds. The van der Waals surface area contributed by atoms with E-state index in [9.17, 15) is 18.0 Å². The Morgan fingerprint density at radius 1 is 1.00 bits per heavy atom. The number of nitrogens with one attached hydrogen (secondary N) is 1. The predicted molar refractivity (Wildman–Crippen MR) is 133 cm³/mol. The van der Waals surface area contributed by atoms with Crippen molar-refractivity contribution in [1.82, 2.24) is 10.2 Å². The van der Waals surface area contributed by atoms with E-state index in [2.05, 4.69) is 5.32 Å². The number of sulfonamides is 1. The number of rotatable bonds is 9. The Bertz CT molecular complexity index is 1110. The fourth-order valence-corrected chi connectivity index (χ4v) is 4.64. The quantitative estimate of drug-likeness (QED) is 0.518. The Labute approximate surface area is 209 Å². The minimum Gasteiger partial charge on any atom is -0.352 e. The molecular formula is C22H26Cl3N3O4S. The van der Waals surface area contributed by atoms with Gasteiger partial charge < -0.3 is 10.2 Å². The zero-order chi connectivity index (χ0) is 24.9. The minimum absolute atomic E-state index is 0.0130. The van der Waals surface area contributed by atoms with Crippen LogP contribution in [0.4, 0.5) is 5.69 Å². The van der Waals surface area contributed by atoms with Crippen molar-refractivity contribution in [2.75, 3.05) is 17.1 Å². The number of amides is 2. The van der Waals surface area contributed by atoms with E-state index in [-0.39, 0.29) is 34.2 Å². The summed E-state index contributed by atoms with van der Waals surface area (Å²) in [6.07, 6.45) is 0.975. The SMILES string of the molecule is CC(C)NC(=O)[C@H](C)N(Cc1ccccc1Cl)C(=O)CN(c1cc(Cl)cc(Cl)c1)S(C)(=O)=O. The number of anilines is 1. The van der Waals surface area contributed by atoms with Crippen LogP contribution >= 0.6 is 34.8 Å². The van der Waals surface area contributed by atoms with Gasteiger partial charge in [-0.05, 0) is 50.6 Å². The highest BCUT2D eigenvalue weighted by Gasteiger charge is 2.30. The highest BCUT2D eigenvalue weighted by molar-refractivity contribution is 7.92. The zero-order valence-electron chi connectivity index (χ0n) is 18.7. The maximum absolute atomic E-state index is 13.4. The predicted octanol–water partition coefficient (Wildman–Crippen LogP) is 4.35. The van der Waals surface area contributed by atoms with Crippen molar-refractivity contribution in [3.05, 3.63) is 63.1 Å². The molecule has 1 N–H and O–H groups in total. The third-order valence-corrected chi connectivity index (χ3v) is 6.66. The van der Waals surface area contributed by atoms with E-state index in [1.807, 2.05) is 0 Å². The third-order valence-electron chi connectivity index (χ3n) is 4.71. The lowest BCUT2D eigenvalue weighted by Gasteiger charge is -2.32. The number of carbonyl (C=O) groups is 2. The van der Waals surface area contributed by atoms with Gasteiger partial charge in [0.05, 0.1) is 11.9 Å². The van der Waals surface area contributed by atoms with Crippen molar-refractivity contribution >= 4 is 62.3 Å². The minimum atomic E-state index is -3.88. The molecule has 0 unspecified atom stereocenters. The summed E-state index contributed by atoms with van der Waals surface area (Å²) in [7, 11) is -3.88. The summed E-state index contributed by atoms with van der Waals surface area (Å²) in [5, 5.41) is 3.64. The molecule has 0 bridgehead atoms. The summed E-state index contributed by atoms with van der Waals surface area (Å²) in [4.78, 5) is 27.4. The highest BCUT2D eigenvalue weighted by atomic mass is 35.5. The van der Waals surface area contributed by atoms with E-state index in [1.54, 1.807) is 45.0 Å². The van der Waals surface area contributed by atoms with Crippen LogP contribution in [0.15, 0.2) is 42.5 Å². The molecule has 0 saturated heterocycles. The second-order valence-corrected chi connectivity index (χ2v) is 11.0. The molecule has 0 radical (unpaired) electrons. The molecule has 7 nitrogen and oxygen atoms in total. The first-order valence-electron chi connectivity index (χ1n) is 10.1. The monoisotopic (exact) mass is 533 g/mol. The van der Waals surface area contributed by atoms with E-state index < -0.39 is 28.5 Å². The topological polar surface area (TPSA) is 86.8 Å². The molecule has 33 heavy (non-hydrogen) atoms. The van der Waals surface area contributed by atoms with Crippen LogP contribution in [0.3, 0.4) is 0 Å². The fourth-order valence-electron chi connectivity index (χ4n) is 3.09. The van der Waals surface area contributed by atoms with Crippen molar-refractivity contribution in [3.8, 4) is 0 Å². The van der Waals surface area contributed by atoms with Crippen molar-refractivity contribution in [2.45, 2.75) is 39.4 Å². The van der Waals surface area contributed by atoms with Gasteiger partial charge in [-0.3, -0.25) is 13.9 Å². The van der Waals surface area contributed by atoms with Crippen LogP contribution in [0.25, 0.3) is 0 Å². The van der Waals surface area contributed by atoms with Gasteiger partial charge >= 0.3 is 0 Å². The molecule has 0 spiro atoms. The Morgan fingerprint density at radius 2 is 1.58 bits per heavy atom. The largest absolute Gasteiger partial charge is 0.352 e. The maximum atomic E-state index is 13.4. The van der Waals surface area contributed by atoms with Gasteiger partial charge in [0.25, 0.3) is 0 Å². The second-order valence-electron chi connectivity index (χ2n) is 7.85. The molecule has 1 atom stereocenters. The first kappa shape index (κ1) is 27.2. The van der Waals surface area contributed by atoms with Crippen LogP contribution in [-0.4, -0.2) is 50.0 Å². The Kier molecular flexibility index (Phi) is 9.43. The van der Waals surface area contributed by atoms with Gasteiger partial charge in [-0.25, -0.2) is 8.42 Å². The molecule has 0 aromatic heterocycles. The average molecular weight is 535 g/mol. The van der Waals surface area contributed by atoms with E-state index in [0.717, 1.165) is 10.6 Å². The van der Waals surface area contributed by atoms with E-state index >= 15 is 0 Å².